The van der Waals surface area contributed by atoms with E-state index in [0.29, 0.717) is 0 Å². The highest BCUT2D eigenvalue weighted by atomic mass is 28.3. The van der Waals surface area contributed by atoms with Crippen molar-refractivity contribution >= 4 is 15.2 Å². The van der Waals surface area contributed by atoms with Crippen LogP contribution in [0.5, 0.6) is 0 Å². The summed E-state index contributed by atoms with van der Waals surface area (Å²) in [5.74, 6) is 0.163. The Hall–Kier alpha value is -0.553. The Bertz CT molecular complexity index is 129. The van der Waals surface area contributed by atoms with Crippen LogP contribution in [-0.4, -0.2) is 21.8 Å². The molecule has 4 N–H and O–H groups in total. The van der Waals surface area contributed by atoms with Gasteiger partial charge in [0.15, 0.2) is 5.96 Å². The van der Waals surface area contributed by atoms with Crippen LogP contribution in [0.2, 0.25) is 6.04 Å². The predicted molar refractivity (Wildman–Crippen MR) is 41.6 cm³/mol. The molecule has 1 aliphatic rings. The summed E-state index contributed by atoms with van der Waals surface area (Å²) in [6.07, 6.45) is 2.35. The Morgan fingerprint density at radius 1 is 1.40 bits per heavy atom. The first-order chi connectivity index (χ1) is 4.79. The summed E-state index contributed by atoms with van der Waals surface area (Å²) in [6, 6.07) is 1.04. The lowest BCUT2D eigenvalue weighted by Gasteiger charge is -2.15. The van der Waals surface area contributed by atoms with E-state index in [2.05, 4.69) is 4.66 Å². The second kappa shape index (κ2) is 3.57. The van der Waals surface area contributed by atoms with Gasteiger partial charge >= 0.3 is 9.20 Å². The van der Waals surface area contributed by atoms with Gasteiger partial charge < -0.3 is 15.9 Å². The van der Waals surface area contributed by atoms with Crippen molar-refractivity contribution in [2.75, 3.05) is 6.61 Å². The summed E-state index contributed by atoms with van der Waals surface area (Å²) < 4.78 is 9.33. The van der Waals surface area contributed by atoms with Gasteiger partial charge in [-0.05, 0) is 18.9 Å². The number of nitrogens with zero attached hydrogens (tertiary/aromatic N) is 1. The summed E-state index contributed by atoms with van der Waals surface area (Å²) in [6.45, 7) is 0.824. The van der Waals surface area contributed by atoms with Crippen LogP contribution < -0.4 is 11.5 Å². The van der Waals surface area contributed by atoms with Crippen molar-refractivity contribution in [2.24, 2.45) is 16.1 Å². The van der Waals surface area contributed by atoms with Gasteiger partial charge in [-0.1, -0.05) is 0 Å². The largest absolute Gasteiger partial charge is 0.397 e. The molecule has 0 amide bonds. The quantitative estimate of drug-likeness (QED) is 0.308. The number of guanidine groups is 1. The van der Waals surface area contributed by atoms with E-state index in [4.69, 9.17) is 15.9 Å². The Morgan fingerprint density at radius 3 is 2.70 bits per heavy atom. The molecule has 0 spiro atoms. The highest BCUT2D eigenvalue weighted by Gasteiger charge is 2.16. The molecule has 0 aromatic heterocycles. The molecule has 1 heterocycles. The molecule has 1 radical (unpaired) electrons. The summed E-state index contributed by atoms with van der Waals surface area (Å²) in [5.41, 5.74) is 10.4. The first-order valence-corrected chi connectivity index (χ1v) is 4.93. The van der Waals surface area contributed by atoms with Crippen LogP contribution in [0, 0.1) is 0 Å². The molecule has 1 fully saturated rings. The third-order valence-corrected chi connectivity index (χ3v) is 3.13. The number of hydrogen-bond acceptors (Lipinski definition) is 2. The molecular weight excluding hydrogens is 146 g/mol. The fourth-order valence-corrected chi connectivity index (χ4v) is 2.41. The predicted octanol–water partition coefficient (Wildman–Crippen LogP) is -0.442. The topological polar surface area (TPSA) is 73.6 Å². The van der Waals surface area contributed by atoms with Crippen molar-refractivity contribution < 1.29 is 4.43 Å². The molecule has 5 heteroatoms. The van der Waals surface area contributed by atoms with Crippen molar-refractivity contribution in [2.45, 2.75) is 18.9 Å². The minimum absolute atomic E-state index is 0.163. The molecule has 4 nitrogen and oxygen atoms in total. The van der Waals surface area contributed by atoms with Gasteiger partial charge in [-0.25, -0.2) is 0 Å². The molecule has 57 valence electrons. The molecule has 0 aromatic rings. The number of rotatable bonds is 1. The van der Waals surface area contributed by atoms with E-state index in [-0.39, 0.29) is 5.96 Å². The van der Waals surface area contributed by atoms with Crippen LogP contribution in [0.3, 0.4) is 0 Å². The van der Waals surface area contributed by atoms with Crippen molar-refractivity contribution in [3.63, 3.8) is 0 Å². The summed E-state index contributed by atoms with van der Waals surface area (Å²) in [4.78, 5) is 0. The fraction of sp³-hybridized carbons (Fsp3) is 0.800. The normalized spacial score (nSPS) is 20.4. The molecule has 0 aliphatic carbocycles. The third-order valence-electron chi connectivity index (χ3n) is 1.31. The zero-order valence-corrected chi connectivity index (χ0v) is 6.84. The number of nitrogens with two attached hydrogens (primary N) is 2. The van der Waals surface area contributed by atoms with E-state index >= 15 is 0 Å². The van der Waals surface area contributed by atoms with Crippen LogP contribution in [0.1, 0.15) is 12.8 Å². The maximum absolute atomic E-state index is 5.34. The zero-order chi connectivity index (χ0) is 7.40. The maximum atomic E-state index is 5.34. The first-order valence-electron chi connectivity index (χ1n) is 3.37. The van der Waals surface area contributed by atoms with Gasteiger partial charge in [0.1, 0.15) is 0 Å². The highest BCUT2D eigenvalue weighted by molar-refractivity contribution is 6.51. The van der Waals surface area contributed by atoms with Crippen molar-refractivity contribution in [3.05, 3.63) is 0 Å². The molecule has 0 aromatic carbocycles. The highest BCUT2D eigenvalue weighted by Crippen LogP contribution is 2.10. The second-order valence-corrected chi connectivity index (χ2v) is 4.04. The van der Waals surface area contributed by atoms with Crippen molar-refractivity contribution in [1.82, 2.24) is 0 Å². The molecule has 1 saturated heterocycles. The molecule has 0 unspecified atom stereocenters. The van der Waals surface area contributed by atoms with E-state index < -0.39 is 9.20 Å². The van der Waals surface area contributed by atoms with Crippen LogP contribution in [0.15, 0.2) is 4.66 Å². The average Bonchev–Trinajstić information content (AvgIpc) is 1.88. The Balaban J connectivity index is 2.33. The van der Waals surface area contributed by atoms with Gasteiger partial charge in [0.05, 0.1) is 0 Å². The molecule has 1 rings (SSSR count). The smallest absolute Gasteiger partial charge is 0.363 e. The van der Waals surface area contributed by atoms with Crippen molar-refractivity contribution in [3.8, 4) is 0 Å². The summed E-state index contributed by atoms with van der Waals surface area (Å²) >= 11 is 0. The molecule has 0 saturated carbocycles. The Morgan fingerprint density at radius 2 is 2.20 bits per heavy atom. The Kier molecular flexibility index (Phi) is 2.70. The molecular formula is C5H12N3OSi. The van der Waals surface area contributed by atoms with Gasteiger partial charge in [-0.2, -0.15) is 0 Å². The summed E-state index contributed by atoms with van der Waals surface area (Å²) in [7, 11) is -1.01. The number of hydrogen-bond donors (Lipinski definition) is 2. The van der Waals surface area contributed by atoms with Gasteiger partial charge in [0, 0.05) is 6.61 Å². The molecule has 1 aliphatic heterocycles. The Labute approximate surface area is 62.1 Å². The van der Waals surface area contributed by atoms with E-state index in [1.165, 1.54) is 6.42 Å². The second-order valence-electron chi connectivity index (χ2n) is 2.24. The monoisotopic (exact) mass is 158 g/mol. The lowest BCUT2D eigenvalue weighted by molar-refractivity contribution is 0.288. The van der Waals surface area contributed by atoms with Crippen LogP contribution >= 0.6 is 0 Å². The van der Waals surface area contributed by atoms with E-state index in [9.17, 15) is 0 Å². The SMILES string of the molecule is NC(N)=N[Si]1CCCCO1. The van der Waals surface area contributed by atoms with Gasteiger partial charge in [-0.15, -0.1) is 0 Å². The minimum atomic E-state index is -1.01. The lowest BCUT2D eigenvalue weighted by Crippen LogP contribution is -2.30. The summed E-state index contributed by atoms with van der Waals surface area (Å²) in [5, 5.41) is 0. The maximum Gasteiger partial charge on any atom is 0.363 e. The fourth-order valence-electron chi connectivity index (χ4n) is 0.873. The minimum Gasteiger partial charge on any atom is -0.397 e. The van der Waals surface area contributed by atoms with Crippen LogP contribution in [0.25, 0.3) is 0 Å². The molecule has 0 atom stereocenters. The van der Waals surface area contributed by atoms with E-state index in [1.807, 2.05) is 0 Å². The lowest BCUT2D eigenvalue weighted by atomic mass is 10.4. The van der Waals surface area contributed by atoms with Crippen LogP contribution in [0.4, 0.5) is 0 Å². The average molecular weight is 158 g/mol. The molecule has 0 bridgehead atoms. The van der Waals surface area contributed by atoms with Crippen molar-refractivity contribution in [1.29, 1.82) is 0 Å². The third kappa shape index (κ3) is 2.36. The van der Waals surface area contributed by atoms with Gasteiger partial charge in [0.25, 0.3) is 0 Å². The molecule has 10 heavy (non-hydrogen) atoms. The van der Waals surface area contributed by atoms with Gasteiger partial charge in [-0.3, -0.25) is 4.66 Å². The van der Waals surface area contributed by atoms with Crippen LogP contribution in [-0.2, 0) is 4.43 Å². The van der Waals surface area contributed by atoms with E-state index in [1.54, 1.807) is 0 Å². The zero-order valence-electron chi connectivity index (χ0n) is 5.84. The first kappa shape index (κ1) is 7.55. The van der Waals surface area contributed by atoms with E-state index in [0.717, 1.165) is 19.1 Å². The standard InChI is InChI=1S/C5H12N3OSi/c6-5(7)8-10-4-2-1-3-9-10/h1-4H2,(H4,6,7,8). The van der Waals surface area contributed by atoms with Gasteiger partial charge in [0.2, 0.25) is 0 Å².